The molecule has 0 aromatic carbocycles. The molecule has 0 aliphatic heterocycles. The first-order valence-electron chi connectivity index (χ1n) is 12.7. The van der Waals surface area contributed by atoms with Crippen molar-refractivity contribution >= 4 is 14.1 Å². The third-order valence-corrected chi connectivity index (χ3v) is 15.2. The summed E-state index contributed by atoms with van der Waals surface area (Å²) in [6, 6.07) is 0. The van der Waals surface area contributed by atoms with Crippen molar-refractivity contribution in [2.24, 2.45) is 34.5 Å². The summed E-state index contributed by atoms with van der Waals surface area (Å²) in [5.41, 5.74) is 2.10. The van der Waals surface area contributed by atoms with Gasteiger partial charge >= 0.3 is 0 Å². The molecule has 0 amide bonds. The molecule has 7 atom stereocenters. The summed E-state index contributed by atoms with van der Waals surface area (Å²) in [5.74, 6) is 3.45. The number of Topliss-reactive ketones (excluding diaryl/α,β-unsaturated/α-hetero) is 1. The van der Waals surface area contributed by atoms with E-state index in [0.29, 0.717) is 23.2 Å². The third kappa shape index (κ3) is 3.32. The van der Waals surface area contributed by atoms with E-state index < -0.39 is 8.32 Å². The molecule has 30 heavy (non-hydrogen) atoms. The highest BCUT2D eigenvalue weighted by atomic mass is 28.4. The van der Waals surface area contributed by atoms with Crippen molar-refractivity contribution in [2.45, 2.75) is 117 Å². The quantitative estimate of drug-likeness (QED) is 0.341. The topological polar surface area (TPSA) is 26.3 Å². The van der Waals surface area contributed by atoms with Crippen LogP contribution in [0.2, 0.25) is 18.1 Å². The van der Waals surface area contributed by atoms with Gasteiger partial charge in [0.25, 0.3) is 0 Å². The molecule has 4 aliphatic carbocycles. The van der Waals surface area contributed by atoms with Crippen LogP contribution in [0.1, 0.15) is 92.9 Å². The van der Waals surface area contributed by atoms with Gasteiger partial charge in [-0.2, -0.15) is 0 Å². The molecule has 170 valence electrons. The van der Waals surface area contributed by atoms with Gasteiger partial charge in [0, 0.05) is 12.8 Å². The van der Waals surface area contributed by atoms with Crippen molar-refractivity contribution in [1.82, 2.24) is 0 Å². The van der Waals surface area contributed by atoms with Gasteiger partial charge in [-0.1, -0.05) is 53.2 Å². The highest BCUT2D eigenvalue weighted by Crippen LogP contribution is 2.66. The number of rotatable bonds is 3. The van der Waals surface area contributed by atoms with E-state index in [-0.39, 0.29) is 10.5 Å². The Kier molecular flexibility index (Phi) is 5.54. The van der Waals surface area contributed by atoms with Gasteiger partial charge in [0.1, 0.15) is 5.78 Å². The Labute approximate surface area is 186 Å². The van der Waals surface area contributed by atoms with E-state index in [1.54, 1.807) is 0 Å². The fourth-order valence-corrected chi connectivity index (χ4v) is 9.16. The molecule has 3 heteroatoms. The summed E-state index contributed by atoms with van der Waals surface area (Å²) >= 11 is 0. The summed E-state index contributed by atoms with van der Waals surface area (Å²) in [7, 11) is -1.76. The summed E-state index contributed by atoms with van der Waals surface area (Å²) in [6.45, 7) is 19.4. The maximum absolute atomic E-state index is 12.3. The normalized spacial score (nSPS) is 44.2. The predicted octanol–water partition coefficient (Wildman–Crippen LogP) is 7.54. The fraction of sp³-hybridized carbons (Fsp3) is 0.889. The maximum atomic E-state index is 12.3. The standard InChI is InChI=1S/C27H46O2Si/c1-9-18-16-19-17-20(28)12-14-26(19,5)22-13-15-27(6)21(24(18)22)10-11-23(27)29-30(7,8)25(2,3)4/h16,18,21-24H,9-15,17H2,1-8H3/t18?,21-,22+,23?,24-,26-,27-/m0/s1. The van der Waals surface area contributed by atoms with Gasteiger partial charge in [0.15, 0.2) is 8.32 Å². The molecule has 0 aromatic rings. The molecule has 0 aromatic heterocycles. The average Bonchev–Trinajstić information content (AvgIpc) is 2.97. The lowest BCUT2D eigenvalue weighted by Crippen LogP contribution is -2.55. The molecule has 0 saturated heterocycles. The number of carbonyl (C=O) groups excluding carboxylic acids is 1. The lowest BCUT2D eigenvalue weighted by atomic mass is 9.45. The highest BCUT2D eigenvalue weighted by molar-refractivity contribution is 6.74. The van der Waals surface area contributed by atoms with Crippen LogP contribution in [-0.4, -0.2) is 20.2 Å². The summed E-state index contributed by atoms with van der Waals surface area (Å²) in [5, 5.41) is 0.273. The van der Waals surface area contributed by atoms with Crippen LogP contribution in [0.25, 0.3) is 0 Å². The maximum Gasteiger partial charge on any atom is 0.192 e. The molecular formula is C27H46O2Si. The van der Waals surface area contributed by atoms with Crippen LogP contribution in [0.4, 0.5) is 0 Å². The minimum Gasteiger partial charge on any atom is -0.413 e. The summed E-state index contributed by atoms with van der Waals surface area (Å²) < 4.78 is 7.11. The van der Waals surface area contributed by atoms with Crippen LogP contribution >= 0.6 is 0 Å². The van der Waals surface area contributed by atoms with Crippen LogP contribution in [0, 0.1) is 34.5 Å². The van der Waals surface area contributed by atoms with E-state index in [0.717, 1.165) is 37.0 Å². The van der Waals surface area contributed by atoms with Gasteiger partial charge in [-0.05, 0) is 91.2 Å². The molecule has 3 saturated carbocycles. The number of fused-ring (bicyclic) bond motifs is 5. The number of hydrogen-bond donors (Lipinski definition) is 0. The number of ketones is 1. The minimum absolute atomic E-state index is 0.268. The minimum atomic E-state index is -1.76. The first-order chi connectivity index (χ1) is 13.8. The average molecular weight is 431 g/mol. The van der Waals surface area contributed by atoms with E-state index >= 15 is 0 Å². The number of allylic oxidation sites excluding steroid dienone is 2. The van der Waals surface area contributed by atoms with Crippen molar-refractivity contribution in [1.29, 1.82) is 0 Å². The van der Waals surface area contributed by atoms with Gasteiger partial charge in [-0.15, -0.1) is 0 Å². The first kappa shape index (κ1) is 22.8. The Bertz CT molecular complexity index is 732. The SMILES string of the molecule is CCC1C=C2CC(=O)CC[C@]2(C)[C@@H]2CC[C@]3(C)C(O[Si](C)(C)C(C)(C)C)CC[C@H]3[C@H]12. The third-order valence-electron chi connectivity index (χ3n) is 10.7. The Morgan fingerprint density at radius 1 is 1.10 bits per heavy atom. The van der Waals surface area contributed by atoms with Gasteiger partial charge < -0.3 is 4.43 Å². The summed E-state index contributed by atoms with van der Waals surface area (Å²) in [4.78, 5) is 12.3. The second-order valence-electron chi connectivity index (χ2n) is 13.2. The van der Waals surface area contributed by atoms with Crippen molar-refractivity contribution < 1.29 is 9.22 Å². The van der Waals surface area contributed by atoms with Crippen LogP contribution in [-0.2, 0) is 9.22 Å². The second-order valence-corrected chi connectivity index (χ2v) is 17.9. The zero-order valence-corrected chi connectivity index (χ0v) is 21.9. The lowest BCUT2D eigenvalue weighted by Gasteiger charge is -2.59. The largest absolute Gasteiger partial charge is 0.413 e. The monoisotopic (exact) mass is 430 g/mol. The van der Waals surface area contributed by atoms with Gasteiger partial charge in [0.2, 0.25) is 0 Å². The van der Waals surface area contributed by atoms with E-state index in [1.165, 1.54) is 37.7 Å². The van der Waals surface area contributed by atoms with E-state index in [4.69, 9.17) is 4.43 Å². The van der Waals surface area contributed by atoms with Crippen LogP contribution in [0.5, 0.6) is 0 Å². The Hall–Kier alpha value is -0.413. The van der Waals surface area contributed by atoms with Crippen molar-refractivity contribution in [3.05, 3.63) is 11.6 Å². The fourth-order valence-electron chi connectivity index (χ4n) is 7.71. The van der Waals surface area contributed by atoms with Crippen LogP contribution in [0.15, 0.2) is 11.6 Å². The van der Waals surface area contributed by atoms with Crippen LogP contribution in [0.3, 0.4) is 0 Å². The zero-order valence-electron chi connectivity index (χ0n) is 20.9. The van der Waals surface area contributed by atoms with E-state index in [9.17, 15) is 4.79 Å². The van der Waals surface area contributed by atoms with Crippen LogP contribution < -0.4 is 0 Å². The molecule has 4 aliphatic rings. The van der Waals surface area contributed by atoms with Crippen molar-refractivity contribution in [3.8, 4) is 0 Å². The molecule has 0 radical (unpaired) electrons. The molecule has 0 N–H and O–H groups in total. The molecule has 2 unspecified atom stereocenters. The van der Waals surface area contributed by atoms with Crippen molar-refractivity contribution in [3.63, 3.8) is 0 Å². The predicted molar refractivity (Wildman–Crippen MR) is 128 cm³/mol. The molecule has 0 spiro atoms. The molecule has 2 nitrogen and oxygen atoms in total. The molecule has 0 heterocycles. The smallest absolute Gasteiger partial charge is 0.192 e. The first-order valence-corrected chi connectivity index (χ1v) is 15.6. The molecule has 0 bridgehead atoms. The number of hydrogen-bond acceptors (Lipinski definition) is 2. The second kappa shape index (κ2) is 7.30. The Morgan fingerprint density at radius 2 is 1.80 bits per heavy atom. The van der Waals surface area contributed by atoms with Gasteiger partial charge in [-0.25, -0.2) is 0 Å². The Balaban J connectivity index is 1.65. The number of carbonyl (C=O) groups is 1. The van der Waals surface area contributed by atoms with Gasteiger partial charge in [-0.3, -0.25) is 4.79 Å². The highest BCUT2D eigenvalue weighted by Gasteiger charge is 2.61. The molecule has 4 rings (SSSR count). The molecule has 3 fully saturated rings. The van der Waals surface area contributed by atoms with E-state index in [2.05, 4.69) is 60.7 Å². The zero-order chi connectivity index (χ0) is 22.1. The lowest BCUT2D eigenvalue weighted by molar-refractivity contribution is -0.123. The molecular weight excluding hydrogens is 384 g/mol. The Morgan fingerprint density at radius 3 is 2.43 bits per heavy atom. The summed E-state index contributed by atoms with van der Waals surface area (Å²) in [6.07, 6.45) is 12.1. The van der Waals surface area contributed by atoms with Gasteiger partial charge in [0.05, 0.1) is 6.10 Å². The van der Waals surface area contributed by atoms with Crippen molar-refractivity contribution in [2.75, 3.05) is 0 Å². The van der Waals surface area contributed by atoms with E-state index in [1.807, 2.05) is 0 Å².